The van der Waals surface area contributed by atoms with Crippen molar-refractivity contribution in [2.75, 3.05) is 6.61 Å². The van der Waals surface area contributed by atoms with E-state index in [2.05, 4.69) is 29.2 Å². The second kappa shape index (κ2) is 6.48. The van der Waals surface area contributed by atoms with Gasteiger partial charge in [0.1, 0.15) is 5.75 Å². The van der Waals surface area contributed by atoms with Crippen molar-refractivity contribution in [3.05, 3.63) is 41.5 Å². The highest BCUT2D eigenvalue weighted by molar-refractivity contribution is 5.27. The van der Waals surface area contributed by atoms with Gasteiger partial charge in [-0.25, -0.2) is 0 Å². The normalized spacial score (nSPS) is 16.3. The van der Waals surface area contributed by atoms with Gasteiger partial charge in [-0.05, 0) is 49.8 Å². The molecule has 5 heteroatoms. The van der Waals surface area contributed by atoms with Crippen molar-refractivity contribution in [3.8, 4) is 5.75 Å². The fraction of sp³-hybridized carbons (Fsp3) is 0.529. The van der Waals surface area contributed by atoms with Crippen molar-refractivity contribution in [2.24, 2.45) is 5.73 Å². The Labute approximate surface area is 130 Å². The molecule has 2 N–H and O–H groups in total. The Balaban J connectivity index is 1.54. The highest BCUT2D eigenvalue weighted by atomic mass is 16.5. The van der Waals surface area contributed by atoms with E-state index in [-0.39, 0.29) is 5.54 Å². The predicted molar refractivity (Wildman–Crippen MR) is 83.7 cm³/mol. The van der Waals surface area contributed by atoms with E-state index in [1.165, 1.54) is 5.56 Å². The highest BCUT2D eigenvalue weighted by Gasteiger charge is 2.38. The summed E-state index contributed by atoms with van der Waals surface area (Å²) in [7, 11) is 0. The molecule has 3 rings (SSSR count). The van der Waals surface area contributed by atoms with Crippen LogP contribution in [0.15, 0.2) is 28.8 Å². The lowest BCUT2D eigenvalue weighted by molar-refractivity contribution is 0.229. The molecule has 0 saturated heterocycles. The third-order valence-electron chi connectivity index (χ3n) is 4.18. The number of nitrogens with zero attached hydrogens (tertiary/aromatic N) is 2. The van der Waals surface area contributed by atoms with Crippen molar-refractivity contribution in [1.29, 1.82) is 0 Å². The van der Waals surface area contributed by atoms with Crippen LogP contribution in [-0.2, 0) is 18.4 Å². The van der Waals surface area contributed by atoms with Gasteiger partial charge in [-0.3, -0.25) is 0 Å². The molecule has 0 radical (unpaired) electrons. The number of hydrogen-bond acceptors (Lipinski definition) is 5. The molecule has 1 aliphatic carbocycles. The molecule has 0 spiro atoms. The number of nitrogens with two attached hydrogens (primary N) is 1. The molecule has 1 aromatic carbocycles. The summed E-state index contributed by atoms with van der Waals surface area (Å²) in [5, 5.41) is 4.04. The van der Waals surface area contributed by atoms with Crippen LogP contribution >= 0.6 is 0 Å². The Morgan fingerprint density at radius 1 is 1.23 bits per heavy atom. The monoisotopic (exact) mass is 301 g/mol. The Hall–Kier alpha value is -1.88. The second-order valence-electron chi connectivity index (χ2n) is 6.01. The van der Waals surface area contributed by atoms with Gasteiger partial charge in [0.15, 0.2) is 5.82 Å². The molecule has 0 unspecified atom stereocenters. The first-order valence-corrected chi connectivity index (χ1v) is 8.03. The lowest BCUT2D eigenvalue weighted by Crippen LogP contribution is -2.44. The maximum atomic E-state index is 6.20. The van der Waals surface area contributed by atoms with Crippen LogP contribution in [-0.4, -0.2) is 16.7 Å². The molecule has 1 aliphatic rings. The molecule has 22 heavy (non-hydrogen) atoms. The minimum absolute atomic E-state index is 0.347. The van der Waals surface area contributed by atoms with Crippen molar-refractivity contribution in [2.45, 2.75) is 51.0 Å². The molecule has 0 bridgehead atoms. The maximum Gasteiger partial charge on any atom is 0.227 e. The molecule has 5 nitrogen and oxygen atoms in total. The SMILES string of the molecule is CCCOc1ccc(CCc2nc(C3(N)CCC3)no2)cc1. The van der Waals surface area contributed by atoms with Crippen molar-refractivity contribution < 1.29 is 9.26 Å². The summed E-state index contributed by atoms with van der Waals surface area (Å²) in [6, 6.07) is 8.18. The van der Waals surface area contributed by atoms with Gasteiger partial charge in [-0.2, -0.15) is 4.98 Å². The van der Waals surface area contributed by atoms with E-state index >= 15 is 0 Å². The van der Waals surface area contributed by atoms with Crippen LogP contribution < -0.4 is 10.5 Å². The number of rotatable bonds is 7. The average molecular weight is 301 g/mol. The third-order valence-corrected chi connectivity index (χ3v) is 4.18. The zero-order valence-electron chi connectivity index (χ0n) is 13.0. The maximum absolute atomic E-state index is 6.20. The van der Waals surface area contributed by atoms with E-state index in [0.29, 0.717) is 11.7 Å². The summed E-state index contributed by atoms with van der Waals surface area (Å²) < 4.78 is 10.9. The lowest BCUT2D eigenvalue weighted by atomic mass is 9.77. The fourth-order valence-electron chi connectivity index (χ4n) is 2.56. The standard InChI is InChI=1S/C17H23N3O2/c1-2-12-21-14-7-4-13(5-8-14)6-9-15-19-16(20-22-15)17(18)10-3-11-17/h4-5,7-8H,2-3,6,9-12,18H2,1H3. The zero-order valence-corrected chi connectivity index (χ0v) is 13.0. The van der Waals surface area contributed by atoms with Gasteiger partial charge in [0.2, 0.25) is 5.89 Å². The van der Waals surface area contributed by atoms with E-state index in [0.717, 1.165) is 50.9 Å². The average Bonchev–Trinajstić information content (AvgIpc) is 2.99. The Kier molecular flexibility index (Phi) is 4.43. The molecular weight excluding hydrogens is 278 g/mol. The van der Waals surface area contributed by atoms with E-state index < -0.39 is 0 Å². The smallest absolute Gasteiger partial charge is 0.227 e. The first-order chi connectivity index (χ1) is 10.7. The predicted octanol–water partition coefficient (Wildman–Crippen LogP) is 2.98. The van der Waals surface area contributed by atoms with Gasteiger partial charge >= 0.3 is 0 Å². The number of benzene rings is 1. The molecule has 0 atom stereocenters. The topological polar surface area (TPSA) is 74.2 Å². The van der Waals surface area contributed by atoms with Gasteiger partial charge < -0.3 is 15.0 Å². The van der Waals surface area contributed by atoms with Gasteiger partial charge in [0.05, 0.1) is 12.1 Å². The van der Waals surface area contributed by atoms with Crippen LogP contribution in [0.1, 0.15) is 49.9 Å². The highest BCUT2D eigenvalue weighted by Crippen LogP contribution is 2.36. The second-order valence-corrected chi connectivity index (χ2v) is 6.01. The molecule has 1 heterocycles. The van der Waals surface area contributed by atoms with Gasteiger partial charge in [0.25, 0.3) is 0 Å². The molecule has 0 amide bonds. The van der Waals surface area contributed by atoms with Gasteiger partial charge in [-0.15, -0.1) is 0 Å². The number of aryl methyl sites for hydroxylation is 2. The van der Waals surface area contributed by atoms with Crippen LogP contribution in [0.2, 0.25) is 0 Å². The minimum atomic E-state index is -0.347. The van der Waals surface area contributed by atoms with Crippen molar-refractivity contribution in [1.82, 2.24) is 10.1 Å². The summed E-state index contributed by atoms with van der Waals surface area (Å²) in [6.45, 7) is 2.85. The largest absolute Gasteiger partial charge is 0.494 e. The summed E-state index contributed by atoms with van der Waals surface area (Å²) in [5.41, 5.74) is 7.09. The van der Waals surface area contributed by atoms with Crippen LogP contribution in [0, 0.1) is 0 Å². The summed E-state index contributed by atoms with van der Waals surface area (Å²) in [6.07, 6.45) is 5.67. The zero-order chi connectivity index (χ0) is 15.4. The Bertz CT molecular complexity index is 603. The van der Waals surface area contributed by atoms with Crippen LogP contribution in [0.3, 0.4) is 0 Å². The van der Waals surface area contributed by atoms with Crippen LogP contribution in [0.5, 0.6) is 5.75 Å². The van der Waals surface area contributed by atoms with Crippen LogP contribution in [0.4, 0.5) is 0 Å². The summed E-state index contributed by atoms with van der Waals surface area (Å²) >= 11 is 0. The fourth-order valence-corrected chi connectivity index (χ4v) is 2.56. The van der Waals surface area contributed by atoms with E-state index in [1.807, 2.05) is 12.1 Å². The number of aromatic nitrogens is 2. The van der Waals surface area contributed by atoms with E-state index in [1.54, 1.807) is 0 Å². The van der Waals surface area contributed by atoms with Gasteiger partial charge in [-0.1, -0.05) is 24.2 Å². The van der Waals surface area contributed by atoms with E-state index in [4.69, 9.17) is 15.0 Å². The summed E-state index contributed by atoms with van der Waals surface area (Å²) in [5.74, 6) is 2.25. The van der Waals surface area contributed by atoms with E-state index in [9.17, 15) is 0 Å². The first-order valence-electron chi connectivity index (χ1n) is 8.03. The Morgan fingerprint density at radius 3 is 2.64 bits per heavy atom. The quantitative estimate of drug-likeness (QED) is 0.851. The molecule has 0 aliphatic heterocycles. The Morgan fingerprint density at radius 2 is 2.00 bits per heavy atom. The van der Waals surface area contributed by atoms with Crippen LogP contribution in [0.25, 0.3) is 0 Å². The third kappa shape index (κ3) is 3.30. The molecule has 1 aromatic heterocycles. The van der Waals surface area contributed by atoms with Crippen molar-refractivity contribution >= 4 is 0 Å². The lowest BCUT2D eigenvalue weighted by Gasteiger charge is -2.34. The molecule has 2 aromatic rings. The number of ether oxygens (including phenoxy) is 1. The molecule has 1 saturated carbocycles. The molecule has 118 valence electrons. The molecular formula is C17H23N3O2. The van der Waals surface area contributed by atoms with Crippen molar-refractivity contribution in [3.63, 3.8) is 0 Å². The number of hydrogen-bond donors (Lipinski definition) is 1. The minimum Gasteiger partial charge on any atom is -0.494 e. The molecule has 1 fully saturated rings. The van der Waals surface area contributed by atoms with Gasteiger partial charge in [0, 0.05) is 6.42 Å². The summed E-state index contributed by atoms with van der Waals surface area (Å²) in [4.78, 5) is 4.45. The first kappa shape index (κ1) is 15.0.